The molecule has 4 aromatic rings. The van der Waals surface area contributed by atoms with Gasteiger partial charge in [-0.25, -0.2) is 4.98 Å². The second kappa shape index (κ2) is 12.4. The predicted octanol–water partition coefficient (Wildman–Crippen LogP) is 6.12. The number of carbonyl (C=O) groups is 2. The van der Waals surface area contributed by atoms with Crippen LogP contribution in [0.5, 0.6) is 5.75 Å². The zero-order valence-corrected chi connectivity index (χ0v) is 24.4. The fourth-order valence-electron chi connectivity index (χ4n) is 4.66. The van der Waals surface area contributed by atoms with Gasteiger partial charge in [-0.15, -0.1) is 11.3 Å². The summed E-state index contributed by atoms with van der Waals surface area (Å²) < 4.78 is 6.20. The Hall–Kier alpha value is -3.83. The van der Waals surface area contributed by atoms with Crippen LogP contribution in [0.3, 0.4) is 0 Å². The fraction of sp³-hybridized carbons (Fsp3) is 0.161. The normalized spacial score (nSPS) is 16.2. The first-order valence-electron chi connectivity index (χ1n) is 13.1. The number of hydrogen-bond acceptors (Lipinski definition) is 8. The van der Waals surface area contributed by atoms with Gasteiger partial charge >= 0.3 is 0 Å². The fourth-order valence-corrected chi connectivity index (χ4v) is 7.03. The summed E-state index contributed by atoms with van der Waals surface area (Å²) in [5.74, 6) is 0.158. The SMILES string of the molecule is O=C(COc1ccc(/C=C2\SC(=S)N(c3ccccc3)C2=O)cc1)Nc1nc2c(s1)CN(Cc1ccccc1)CC2. The first-order valence-corrected chi connectivity index (χ1v) is 15.2. The lowest BCUT2D eigenvalue weighted by molar-refractivity contribution is -0.118. The van der Waals surface area contributed by atoms with Gasteiger partial charge in [0.05, 0.1) is 16.3 Å². The average Bonchev–Trinajstić information content (AvgIpc) is 3.51. The molecule has 0 atom stereocenters. The highest BCUT2D eigenvalue weighted by Gasteiger charge is 2.33. The van der Waals surface area contributed by atoms with E-state index in [9.17, 15) is 9.59 Å². The van der Waals surface area contributed by atoms with Gasteiger partial charge in [0.1, 0.15) is 5.75 Å². The molecule has 1 saturated heterocycles. The largest absolute Gasteiger partial charge is 0.484 e. The van der Waals surface area contributed by atoms with E-state index in [4.69, 9.17) is 17.0 Å². The van der Waals surface area contributed by atoms with Crippen molar-refractivity contribution in [2.24, 2.45) is 0 Å². The highest BCUT2D eigenvalue weighted by molar-refractivity contribution is 8.27. The van der Waals surface area contributed by atoms with Crippen LogP contribution in [-0.2, 0) is 29.1 Å². The number of thiocarbonyl (C=S) groups is 1. The van der Waals surface area contributed by atoms with Crippen molar-refractivity contribution in [1.29, 1.82) is 0 Å². The zero-order valence-electron chi connectivity index (χ0n) is 22.0. The number of thioether (sulfide) groups is 1. The molecule has 0 radical (unpaired) electrons. The smallest absolute Gasteiger partial charge is 0.270 e. The number of hydrogen-bond donors (Lipinski definition) is 1. The van der Waals surface area contributed by atoms with Crippen LogP contribution in [0.15, 0.2) is 89.8 Å². The Morgan fingerprint density at radius 3 is 2.51 bits per heavy atom. The summed E-state index contributed by atoms with van der Waals surface area (Å²) in [6.45, 7) is 2.55. The van der Waals surface area contributed by atoms with E-state index in [0.29, 0.717) is 20.1 Å². The number of aromatic nitrogens is 1. The Labute approximate surface area is 251 Å². The molecule has 0 aliphatic carbocycles. The third-order valence-corrected chi connectivity index (χ3v) is 8.96. The standard InChI is InChI=1S/C31H26N4O3S3/c36-28(33-30-32-25-15-16-34(19-27(25)40-30)18-22-7-3-1-4-8-22)20-38-24-13-11-21(12-14-24)17-26-29(37)35(31(39)41-26)23-9-5-2-6-10-23/h1-14,17H,15-16,18-20H2,(H,32,33,36)/b26-17-. The van der Waals surface area contributed by atoms with Crippen LogP contribution < -0.4 is 15.0 Å². The summed E-state index contributed by atoms with van der Waals surface area (Å²) in [7, 11) is 0. The maximum absolute atomic E-state index is 12.9. The summed E-state index contributed by atoms with van der Waals surface area (Å²) in [6, 6.07) is 27.1. The van der Waals surface area contributed by atoms with E-state index in [1.807, 2.05) is 54.6 Å². The first-order chi connectivity index (χ1) is 20.0. The van der Waals surface area contributed by atoms with Gasteiger partial charge in [0.25, 0.3) is 11.8 Å². The predicted molar refractivity (Wildman–Crippen MR) is 169 cm³/mol. The Morgan fingerprint density at radius 1 is 1.02 bits per heavy atom. The van der Waals surface area contributed by atoms with Crippen molar-refractivity contribution in [3.8, 4) is 5.75 Å². The lowest BCUT2D eigenvalue weighted by atomic mass is 10.1. The third-order valence-electron chi connectivity index (χ3n) is 6.66. The van der Waals surface area contributed by atoms with Gasteiger partial charge in [0, 0.05) is 30.9 Å². The molecule has 0 bridgehead atoms. The molecule has 0 unspecified atom stereocenters. The maximum Gasteiger partial charge on any atom is 0.270 e. The minimum absolute atomic E-state index is 0.126. The maximum atomic E-state index is 12.9. The van der Waals surface area contributed by atoms with Crippen molar-refractivity contribution in [2.45, 2.75) is 19.5 Å². The number of anilines is 2. The van der Waals surface area contributed by atoms with Gasteiger partial charge < -0.3 is 4.74 Å². The van der Waals surface area contributed by atoms with Crippen molar-refractivity contribution in [2.75, 3.05) is 23.4 Å². The summed E-state index contributed by atoms with van der Waals surface area (Å²) in [4.78, 5) is 35.8. The average molecular weight is 599 g/mol. The van der Waals surface area contributed by atoms with Crippen LogP contribution >= 0.6 is 35.3 Å². The molecule has 7 nitrogen and oxygen atoms in total. The highest BCUT2D eigenvalue weighted by atomic mass is 32.2. The monoisotopic (exact) mass is 598 g/mol. The molecule has 10 heteroatoms. The molecular formula is C31H26N4O3S3. The minimum Gasteiger partial charge on any atom is -0.484 e. The number of thiazole rings is 1. The number of para-hydroxylation sites is 1. The van der Waals surface area contributed by atoms with E-state index in [-0.39, 0.29) is 18.4 Å². The number of nitrogens with zero attached hydrogens (tertiary/aromatic N) is 3. The molecule has 41 heavy (non-hydrogen) atoms. The van der Waals surface area contributed by atoms with E-state index in [1.54, 1.807) is 17.0 Å². The second-order valence-electron chi connectivity index (χ2n) is 9.59. The number of fused-ring (bicyclic) bond motifs is 1. The van der Waals surface area contributed by atoms with E-state index in [0.717, 1.165) is 43.0 Å². The lowest BCUT2D eigenvalue weighted by Gasteiger charge is -2.25. The third kappa shape index (κ3) is 6.57. The Kier molecular flexibility index (Phi) is 8.24. The first kappa shape index (κ1) is 27.3. The number of nitrogens with one attached hydrogen (secondary N) is 1. The Bertz CT molecular complexity index is 1600. The molecule has 1 N–H and O–H groups in total. The Morgan fingerprint density at radius 2 is 1.76 bits per heavy atom. The number of carbonyl (C=O) groups excluding carboxylic acids is 2. The van der Waals surface area contributed by atoms with Gasteiger partial charge in [-0.2, -0.15) is 0 Å². The number of amides is 2. The molecule has 6 rings (SSSR count). The summed E-state index contributed by atoms with van der Waals surface area (Å²) in [6.07, 6.45) is 2.68. The van der Waals surface area contributed by atoms with E-state index >= 15 is 0 Å². The van der Waals surface area contributed by atoms with Crippen LogP contribution in [0.2, 0.25) is 0 Å². The molecule has 0 saturated carbocycles. The van der Waals surface area contributed by atoms with Gasteiger partial charge in [-0.3, -0.25) is 24.7 Å². The molecule has 206 valence electrons. The van der Waals surface area contributed by atoms with E-state index in [2.05, 4.69) is 39.5 Å². The topological polar surface area (TPSA) is 74.8 Å². The van der Waals surface area contributed by atoms with Crippen molar-refractivity contribution < 1.29 is 14.3 Å². The number of ether oxygens (including phenoxy) is 1. The number of benzene rings is 3. The van der Waals surface area contributed by atoms with Crippen LogP contribution in [0.1, 0.15) is 21.7 Å². The van der Waals surface area contributed by atoms with Crippen molar-refractivity contribution in [3.05, 3.63) is 112 Å². The van der Waals surface area contributed by atoms with Gasteiger partial charge in [0.2, 0.25) is 0 Å². The molecular weight excluding hydrogens is 573 g/mol. The van der Waals surface area contributed by atoms with Crippen LogP contribution in [-0.4, -0.2) is 39.2 Å². The van der Waals surface area contributed by atoms with Crippen molar-refractivity contribution in [1.82, 2.24) is 9.88 Å². The molecule has 1 fully saturated rings. The zero-order chi connectivity index (χ0) is 28.2. The van der Waals surface area contributed by atoms with Crippen molar-refractivity contribution in [3.63, 3.8) is 0 Å². The highest BCUT2D eigenvalue weighted by Crippen LogP contribution is 2.36. The second-order valence-corrected chi connectivity index (χ2v) is 12.4. The number of rotatable bonds is 8. The quantitative estimate of drug-likeness (QED) is 0.193. The molecule has 2 aliphatic heterocycles. The molecule has 3 heterocycles. The summed E-state index contributed by atoms with van der Waals surface area (Å²) in [5.41, 5.74) is 3.95. The van der Waals surface area contributed by atoms with Gasteiger partial charge in [-0.05, 0) is 41.5 Å². The summed E-state index contributed by atoms with van der Waals surface area (Å²) in [5, 5.41) is 3.48. The molecule has 2 amide bonds. The minimum atomic E-state index is -0.258. The molecule has 0 spiro atoms. The van der Waals surface area contributed by atoms with Crippen LogP contribution in [0.25, 0.3) is 6.08 Å². The van der Waals surface area contributed by atoms with E-state index < -0.39 is 0 Å². The van der Waals surface area contributed by atoms with E-state index in [1.165, 1.54) is 33.5 Å². The summed E-state index contributed by atoms with van der Waals surface area (Å²) >= 11 is 8.24. The Balaban J connectivity index is 1.01. The molecule has 3 aromatic carbocycles. The van der Waals surface area contributed by atoms with Crippen LogP contribution in [0.4, 0.5) is 10.8 Å². The van der Waals surface area contributed by atoms with Crippen molar-refractivity contribution >= 4 is 68.3 Å². The van der Waals surface area contributed by atoms with Crippen LogP contribution in [0, 0.1) is 0 Å². The van der Waals surface area contributed by atoms with Gasteiger partial charge in [-0.1, -0.05) is 84.6 Å². The molecule has 1 aromatic heterocycles. The molecule has 2 aliphatic rings. The lowest BCUT2D eigenvalue weighted by Crippen LogP contribution is -2.29. The van der Waals surface area contributed by atoms with Gasteiger partial charge in [0.15, 0.2) is 16.1 Å².